The molecule has 2 aromatic rings. The van der Waals surface area contributed by atoms with Crippen molar-refractivity contribution in [1.82, 2.24) is 5.32 Å². The first-order chi connectivity index (χ1) is 10.6. The molecule has 0 unspecified atom stereocenters. The van der Waals surface area contributed by atoms with Crippen LogP contribution in [0.25, 0.3) is 10.1 Å². The Balaban J connectivity index is 1.75. The van der Waals surface area contributed by atoms with Crippen LogP contribution in [0.4, 0.5) is 0 Å². The molecule has 1 aliphatic rings. The Bertz CT molecular complexity index is 701. The summed E-state index contributed by atoms with van der Waals surface area (Å²) in [6.45, 7) is 0. The highest BCUT2D eigenvalue weighted by atomic mass is 32.1. The fraction of sp³-hybridized carbons (Fsp3) is 0.412. The Morgan fingerprint density at radius 3 is 2.64 bits per heavy atom. The highest BCUT2D eigenvalue weighted by Crippen LogP contribution is 2.29. The maximum Gasteiger partial charge on any atom is 0.329 e. The number of fused-ring (bicyclic) bond motifs is 1. The quantitative estimate of drug-likeness (QED) is 0.909. The molecular weight excluding hydrogens is 298 g/mol. The molecule has 3 rings (SSSR count). The van der Waals surface area contributed by atoms with Gasteiger partial charge in [0.25, 0.3) is 0 Å². The molecule has 4 nitrogen and oxygen atoms in total. The first-order valence-corrected chi connectivity index (χ1v) is 8.48. The summed E-state index contributed by atoms with van der Waals surface area (Å²) in [6, 6.07) is 7.96. The Morgan fingerprint density at radius 2 is 1.91 bits per heavy atom. The number of nitrogens with one attached hydrogen (secondary N) is 1. The normalized spacial score (nSPS) is 17.3. The lowest BCUT2D eigenvalue weighted by molar-refractivity contribution is -0.149. The van der Waals surface area contributed by atoms with Crippen molar-refractivity contribution in [3.05, 3.63) is 35.2 Å². The molecule has 22 heavy (non-hydrogen) atoms. The van der Waals surface area contributed by atoms with E-state index in [0.29, 0.717) is 12.8 Å². The molecule has 0 bridgehead atoms. The molecule has 0 saturated heterocycles. The van der Waals surface area contributed by atoms with Crippen LogP contribution in [0.5, 0.6) is 0 Å². The van der Waals surface area contributed by atoms with Crippen molar-refractivity contribution in [3.63, 3.8) is 0 Å². The van der Waals surface area contributed by atoms with E-state index in [1.54, 1.807) is 11.3 Å². The molecule has 116 valence electrons. The van der Waals surface area contributed by atoms with Gasteiger partial charge in [0, 0.05) is 4.70 Å². The van der Waals surface area contributed by atoms with Crippen LogP contribution in [-0.4, -0.2) is 22.5 Å². The molecule has 1 aromatic heterocycles. The topological polar surface area (TPSA) is 66.4 Å². The minimum atomic E-state index is -1.07. The molecule has 1 heterocycles. The van der Waals surface area contributed by atoms with E-state index in [-0.39, 0.29) is 12.3 Å². The largest absolute Gasteiger partial charge is 0.480 e. The summed E-state index contributed by atoms with van der Waals surface area (Å²) < 4.78 is 1.15. The van der Waals surface area contributed by atoms with Gasteiger partial charge in [-0.3, -0.25) is 4.79 Å². The van der Waals surface area contributed by atoms with Crippen molar-refractivity contribution < 1.29 is 14.7 Å². The van der Waals surface area contributed by atoms with Crippen molar-refractivity contribution in [3.8, 4) is 0 Å². The minimum Gasteiger partial charge on any atom is -0.480 e. The minimum absolute atomic E-state index is 0.201. The van der Waals surface area contributed by atoms with Gasteiger partial charge in [-0.15, -0.1) is 11.3 Å². The van der Waals surface area contributed by atoms with Crippen molar-refractivity contribution in [2.24, 2.45) is 0 Å². The zero-order valence-corrected chi connectivity index (χ0v) is 13.1. The predicted octanol–water partition coefficient (Wildman–Crippen LogP) is 3.35. The van der Waals surface area contributed by atoms with Crippen molar-refractivity contribution in [2.75, 3.05) is 0 Å². The third-order valence-corrected chi connectivity index (χ3v) is 5.42. The average molecular weight is 317 g/mol. The number of rotatable bonds is 4. The number of aliphatic carboxylic acids is 1. The fourth-order valence-electron chi connectivity index (χ4n) is 3.20. The molecule has 1 fully saturated rings. The third-order valence-electron chi connectivity index (χ3n) is 4.41. The van der Waals surface area contributed by atoms with E-state index < -0.39 is 11.5 Å². The Hall–Kier alpha value is -1.88. The molecule has 5 heteroatoms. The smallest absolute Gasteiger partial charge is 0.329 e. The maximum atomic E-state index is 12.4. The van der Waals surface area contributed by atoms with Crippen LogP contribution in [0.2, 0.25) is 0 Å². The fourth-order valence-corrected chi connectivity index (χ4v) is 4.16. The number of amides is 1. The van der Waals surface area contributed by atoms with Gasteiger partial charge >= 0.3 is 5.97 Å². The lowest BCUT2D eigenvalue weighted by atomic mass is 9.81. The molecule has 0 atom stereocenters. The summed E-state index contributed by atoms with van der Waals surface area (Å²) in [5.74, 6) is -1.11. The lowest BCUT2D eigenvalue weighted by Gasteiger charge is -2.34. The molecule has 2 N–H and O–H groups in total. The van der Waals surface area contributed by atoms with Crippen LogP contribution in [0.3, 0.4) is 0 Å². The van der Waals surface area contributed by atoms with Crippen molar-refractivity contribution in [1.29, 1.82) is 0 Å². The van der Waals surface area contributed by atoms with Crippen LogP contribution in [0, 0.1) is 0 Å². The number of carboxylic acids is 1. The van der Waals surface area contributed by atoms with Crippen LogP contribution < -0.4 is 5.32 Å². The van der Waals surface area contributed by atoms with Gasteiger partial charge in [-0.25, -0.2) is 4.79 Å². The van der Waals surface area contributed by atoms with E-state index in [0.717, 1.165) is 34.9 Å². The van der Waals surface area contributed by atoms with Gasteiger partial charge in [0.15, 0.2) is 0 Å². The number of carbonyl (C=O) groups excluding carboxylic acids is 1. The second kappa shape index (κ2) is 6.08. The first-order valence-electron chi connectivity index (χ1n) is 7.60. The Morgan fingerprint density at radius 1 is 1.18 bits per heavy atom. The number of thiophene rings is 1. The van der Waals surface area contributed by atoms with Gasteiger partial charge in [0.2, 0.25) is 5.91 Å². The summed E-state index contributed by atoms with van der Waals surface area (Å²) in [6.07, 6.45) is 4.04. The van der Waals surface area contributed by atoms with E-state index in [4.69, 9.17) is 0 Å². The SMILES string of the molecule is O=C(Cc1csc2ccccc12)NC1(C(=O)O)CCCCC1. The summed E-state index contributed by atoms with van der Waals surface area (Å²) in [5, 5.41) is 15.4. The zero-order valence-electron chi connectivity index (χ0n) is 12.3. The highest BCUT2D eigenvalue weighted by Gasteiger charge is 2.40. The number of hydrogen-bond acceptors (Lipinski definition) is 3. The lowest BCUT2D eigenvalue weighted by Crippen LogP contribution is -2.55. The van der Waals surface area contributed by atoms with E-state index >= 15 is 0 Å². The first kappa shape index (κ1) is 15.0. The highest BCUT2D eigenvalue weighted by molar-refractivity contribution is 7.17. The molecule has 1 aliphatic carbocycles. The second-order valence-corrected chi connectivity index (χ2v) is 6.84. The van der Waals surface area contributed by atoms with E-state index in [9.17, 15) is 14.7 Å². The third kappa shape index (κ3) is 2.86. The molecule has 1 amide bonds. The van der Waals surface area contributed by atoms with Gasteiger partial charge in [-0.2, -0.15) is 0 Å². The molecular formula is C17H19NO3S. The summed E-state index contributed by atoms with van der Waals surface area (Å²) in [4.78, 5) is 24.0. The molecule has 1 aromatic carbocycles. The number of carbonyl (C=O) groups is 2. The summed E-state index contributed by atoms with van der Waals surface area (Å²) in [7, 11) is 0. The number of carboxylic acid groups (broad SMARTS) is 1. The zero-order chi connectivity index (χ0) is 15.6. The van der Waals surface area contributed by atoms with Crippen molar-refractivity contribution in [2.45, 2.75) is 44.1 Å². The van der Waals surface area contributed by atoms with Crippen LogP contribution in [0.15, 0.2) is 29.6 Å². The molecule has 0 spiro atoms. The Kier molecular flexibility index (Phi) is 4.16. The molecule has 0 aliphatic heterocycles. The van der Waals surface area contributed by atoms with Crippen LogP contribution in [0.1, 0.15) is 37.7 Å². The van der Waals surface area contributed by atoms with Gasteiger partial charge in [0.05, 0.1) is 6.42 Å². The van der Waals surface area contributed by atoms with E-state index in [1.807, 2.05) is 29.6 Å². The molecule has 1 saturated carbocycles. The van der Waals surface area contributed by atoms with Crippen molar-refractivity contribution >= 4 is 33.3 Å². The summed E-state index contributed by atoms with van der Waals surface area (Å²) >= 11 is 1.61. The molecule has 0 radical (unpaired) electrons. The monoisotopic (exact) mass is 317 g/mol. The van der Waals surface area contributed by atoms with Gasteiger partial charge < -0.3 is 10.4 Å². The average Bonchev–Trinajstić information content (AvgIpc) is 2.91. The second-order valence-electron chi connectivity index (χ2n) is 5.93. The van der Waals surface area contributed by atoms with Crippen LogP contribution in [-0.2, 0) is 16.0 Å². The maximum absolute atomic E-state index is 12.4. The Labute approximate surface area is 133 Å². The van der Waals surface area contributed by atoms with E-state index in [1.165, 1.54) is 0 Å². The standard InChI is InChI=1S/C17H19NO3S/c19-15(18-17(16(20)21)8-4-1-5-9-17)10-12-11-22-14-7-3-2-6-13(12)14/h2-3,6-7,11H,1,4-5,8-10H2,(H,18,19)(H,20,21). The van der Waals surface area contributed by atoms with Gasteiger partial charge in [-0.05, 0) is 35.2 Å². The van der Waals surface area contributed by atoms with Gasteiger partial charge in [-0.1, -0.05) is 37.5 Å². The van der Waals surface area contributed by atoms with E-state index in [2.05, 4.69) is 5.32 Å². The van der Waals surface area contributed by atoms with Gasteiger partial charge in [0.1, 0.15) is 5.54 Å². The summed E-state index contributed by atoms with van der Waals surface area (Å²) in [5.41, 5.74) is -0.101. The number of hydrogen-bond donors (Lipinski definition) is 2. The number of benzene rings is 1. The van der Waals surface area contributed by atoms with Crippen LogP contribution >= 0.6 is 11.3 Å². The predicted molar refractivity (Wildman–Crippen MR) is 87.1 cm³/mol.